The van der Waals surface area contributed by atoms with Crippen molar-refractivity contribution in [1.82, 2.24) is 14.8 Å². The Morgan fingerprint density at radius 2 is 2.33 bits per heavy atom. The summed E-state index contributed by atoms with van der Waals surface area (Å²) in [6.45, 7) is 2.57. The van der Waals surface area contributed by atoms with Gasteiger partial charge in [0.15, 0.2) is 0 Å². The van der Waals surface area contributed by atoms with Crippen LogP contribution in [0.25, 0.3) is 0 Å². The topological polar surface area (TPSA) is 45.7 Å². The van der Waals surface area contributed by atoms with Crippen molar-refractivity contribution in [3.05, 3.63) is 30.1 Å². The van der Waals surface area contributed by atoms with E-state index >= 15 is 0 Å². The number of cyclic esters (lactones) is 1. The van der Waals surface area contributed by atoms with Crippen molar-refractivity contribution in [2.45, 2.75) is 24.9 Å². The van der Waals surface area contributed by atoms with E-state index in [0.29, 0.717) is 18.6 Å². The summed E-state index contributed by atoms with van der Waals surface area (Å²) in [6.07, 6.45) is 5.75. The highest BCUT2D eigenvalue weighted by Crippen LogP contribution is 2.36. The monoisotopic (exact) mass is 289 g/mol. The third-order valence-electron chi connectivity index (χ3n) is 4.76. The third-order valence-corrected chi connectivity index (χ3v) is 4.76. The van der Waals surface area contributed by atoms with Crippen molar-refractivity contribution in [1.29, 1.82) is 0 Å². The van der Waals surface area contributed by atoms with Gasteiger partial charge in [-0.3, -0.25) is 19.6 Å². The van der Waals surface area contributed by atoms with Gasteiger partial charge in [0.25, 0.3) is 0 Å². The average Bonchev–Trinajstić information content (AvgIpc) is 3.06. The molecular formula is C16H23N3O2. The number of rotatable bonds is 4. The van der Waals surface area contributed by atoms with Gasteiger partial charge in [0.1, 0.15) is 6.04 Å². The minimum Gasteiger partial charge on any atom is -0.464 e. The maximum atomic E-state index is 11.7. The molecule has 0 unspecified atom stereocenters. The van der Waals surface area contributed by atoms with E-state index in [4.69, 9.17) is 4.74 Å². The summed E-state index contributed by atoms with van der Waals surface area (Å²) < 4.78 is 5.08. The summed E-state index contributed by atoms with van der Waals surface area (Å²) in [6, 6.07) is 4.47. The summed E-state index contributed by atoms with van der Waals surface area (Å²) >= 11 is 0. The van der Waals surface area contributed by atoms with Gasteiger partial charge in [-0.05, 0) is 44.6 Å². The van der Waals surface area contributed by atoms with Crippen LogP contribution in [0.5, 0.6) is 0 Å². The standard InChI is InChI=1S/C16H23N3O2/c1-18-8-5-13(15(18)12-4-3-7-17-10-12)11-19(2)14-6-9-21-16(14)20/h3-4,7,10,13-15H,5-6,8-9,11H2,1-2H3/t13-,14-,15-/m0/s1. The number of nitrogens with zero attached hydrogens (tertiary/aromatic N) is 3. The van der Waals surface area contributed by atoms with Crippen LogP contribution in [0.2, 0.25) is 0 Å². The lowest BCUT2D eigenvalue weighted by Crippen LogP contribution is -2.39. The summed E-state index contributed by atoms with van der Waals surface area (Å²) in [5, 5.41) is 0. The van der Waals surface area contributed by atoms with E-state index in [-0.39, 0.29) is 12.0 Å². The third kappa shape index (κ3) is 2.94. The van der Waals surface area contributed by atoms with Crippen LogP contribution < -0.4 is 0 Å². The molecule has 114 valence electrons. The molecule has 3 atom stereocenters. The minimum absolute atomic E-state index is 0.0644. The average molecular weight is 289 g/mol. The fraction of sp³-hybridized carbons (Fsp3) is 0.625. The molecule has 0 saturated carbocycles. The maximum Gasteiger partial charge on any atom is 0.323 e. The lowest BCUT2D eigenvalue weighted by atomic mass is 9.94. The first kappa shape index (κ1) is 14.5. The molecule has 21 heavy (non-hydrogen) atoms. The van der Waals surface area contributed by atoms with Crippen LogP contribution >= 0.6 is 0 Å². The van der Waals surface area contributed by atoms with Crippen LogP contribution in [0.15, 0.2) is 24.5 Å². The van der Waals surface area contributed by atoms with Gasteiger partial charge in [0, 0.05) is 31.4 Å². The molecule has 5 heteroatoms. The van der Waals surface area contributed by atoms with E-state index in [1.807, 2.05) is 25.5 Å². The quantitative estimate of drug-likeness (QED) is 0.782. The zero-order chi connectivity index (χ0) is 14.8. The summed E-state index contributed by atoms with van der Waals surface area (Å²) in [7, 11) is 4.21. The van der Waals surface area contributed by atoms with Crippen molar-refractivity contribution in [3.8, 4) is 0 Å². The van der Waals surface area contributed by atoms with Crippen molar-refractivity contribution in [2.24, 2.45) is 5.92 Å². The molecule has 1 aromatic rings. The molecule has 2 aliphatic heterocycles. The van der Waals surface area contributed by atoms with Gasteiger partial charge in [-0.2, -0.15) is 0 Å². The highest BCUT2D eigenvalue weighted by molar-refractivity contribution is 5.77. The molecule has 3 rings (SSSR count). The van der Waals surface area contributed by atoms with E-state index in [9.17, 15) is 4.79 Å². The van der Waals surface area contributed by atoms with Gasteiger partial charge in [0.2, 0.25) is 0 Å². The lowest BCUT2D eigenvalue weighted by Gasteiger charge is -2.30. The number of likely N-dealkylation sites (N-methyl/N-ethyl adjacent to an activating group) is 1. The maximum absolute atomic E-state index is 11.7. The Bertz CT molecular complexity index is 494. The van der Waals surface area contributed by atoms with E-state index < -0.39 is 0 Å². The number of hydrogen-bond donors (Lipinski definition) is 0. The lowest BCUT2D eigenvalue weighted by molar-refractivity contribution is -0.142. The van der Waals surface area contributed by atoms with E-state index in [2.05, 4.69) is 27.9 Å². The van der Waals surface area contributed by atoms with Crippen molar-refractivity contribution in [3.63, 3.8) is 0 Å². The fourth-order valence-corrected chi connectivity index (χ4v) is 3.68. The first-order chi connectivity index (χ1) is 10.2. The highest BCUT2D eigenvalue weighted by Gasteiger charge is 2.37. The van der Waals surface area contributed by atoms with Crippen LogP contribution in [0.4, 0.5) is 0 Å². The molecule has 2 fully saturated rings. The summed E-state index contributed by atoms with van der Waals surface area (Å²) in [5.41, 5.74) is 1.27. The minimum atomic E-state index is -0.0678. The molecular weight excluding hydrogens is 266 g/mol. The van der Waals surface area contributed by atoms with Crippen LogP contribution in [-0.4, -0.2) is 60.6 Å². The number of esters is 1. The predicted molar refractivity (Wildman–Crippen MR) is 79.7 cm³/mol. The number of pyridine rings is 1. The Morgan fingerprint density at radius 1 is 1.48 bits per heavy atom. The van der Waals surface area contributed by atoms with E-state index in [0.717, 1.165) is 25.9 Å². The van der Waals surface area contributed by atoms with Crippen LogP contribution in [0, 0.1) is 5.92 Å². The number of aromatic nitrogens is 1. The summed E-state index contributed by atoms with van der Waals surface area (Å²) in [5.74, 6) is 0.458. The summed E-state index contributed by atoms with van der Waals surface area (Å²) in [4.78, 5) is 20.5. The molecule has 5 nitrogen and oxygen atoms in total. The molecule has 2 aliphatic rings. The molecule has 0 radical (unpaired) electrons. The Kier molecular flexibility index (Phi) is 4.22. The molecule has 2 saturated heterocycles. The second-order valence-electron chi connectivity index (χ2n) is 6.17. The molecule has 0 amide bonds. The van der Waals surface area contributed by atoms with Crippen LogP contribution in [0.3, 0.4) is 0 Å². The number of ether oxygens (including phenoxy) is 1. The second kappa shape index (κ2) is 6.12. The smallest absolute Gasteiger partial charge is 0.323 e. The largest absolute Gasteiger partial charge is 0.464 e. The van der Waals surface area contributed by atoms with Crippen molar-refractivity contribution < 1.29 is 9.53 Å². The van der Waals surface area contributed by atoms with Crippen molar-refractivity contribution >= 4 is 5.97 Å². The van der Waals surface area contributed by atoms with Gasteiger partial charge in [-0.25, -0.2) is 0 Å². The van der Waals surface area contributed by atoms with Gasteiger partial charge in [0.05, 0.1) is 6.61 Å². The Hall–Kier alpha value is -1.46. The van der Waals surface area contributed by atoms with Gasteiger partial charge >= 0.3 is 5.97 Å². The van der Waals surface area contributed by atoms with E-state index in [1.165, 1.54) is 5.56 Å². The fourth-order valence-electron chi connectivity index (χ4n) is 3.68. The molecule has 1 aromatic heterocycles. The number of carbonyl (C=O) groups excluding carboxylic acids is 1. The molecule has 0 spiro atoms. The SMILES string of the molecule is CN(C[C@@H]1CCN(C)[C@H]1c1cccnc1)[C@H]1CCOC1=O. The molecule has 3 heterocycles. The van der Waals surface area contributed by atoms with Crippen molar-refractivity contribution in [2.75, 3.05) is 33.8 Å². The molecule has 0 N–H and O–H groups in total. The Morgan fingerprint density at radius 3 is 3.00 bits per heavy atom. The number of carbonyl (C=O) groups is 1. The van der Waals surface area contributed by atoms with Crippen LogP contribution in [0.1, 0.15) is 24.4 Å². The Balaban J connectivity index is 1.70. The first-order valence-electron chi connectivity index (χ1n) is 7.64. The molecule has 0 aromatic carbocycles. The van der Waals surface area contributed by atoms with Gasteiger partial charge in [-0.15, -0.1) is 0 Å². The van der Waals surface area contributed by atoms with Gasteiger partial charge < -0.3 is 4.74 Å². The zero-order valence-corrected chi connectivity index (χ0v) is 12.7. The first-order valence-corrected chi connectivity index (χ1v) is 7.64. The zero-order valence-electron chi connectivity index (χ0n) is 12.7. The highest BCUT2D eigenvalue weighted by atomic mass is 16.5. The number of likely N-dealkylation sites (tertiary alicyclic amines) is 1. The van der Waals surface area contributed by atoms with Gasteiger partial charge in [-0.1, -0.05) is 6.07 Å². The van der Waals surface area contributed by atoms with Crippen LogP contribution in [-0.2, 0) is 9.53 Å². The predicted octanol–water partition coefficient (Wildman–Crippen LogP) is 1.32. The van der Waals surface area contributed by atoms with E-state index in [1.54, 1.807) is 0 Å². The normalized spacial score (nSPS) is 30.0. The molecule has 0 bridgehead atoms. The number of hydrogen-bond acceptors (Lipinski definition) is 5. The molecule has 0 aliphatic carbocycles. The Labute approximate surface area is 125 Å². The second-order valence-corrected chi connectivity index (χ2v) is 6.17.